The van der Waals surface area contributed by atoms with Gasteiger partial charge in [0.1, 0.15) is 12.3 Å². The zero-order valence-electron chi connectivity index (χ0n) is 20.8. The summed E-state index contributed by atoms with van der Waals surface area (Å²) in [5.74, 6) is 1.55. The third-order valence-electron chi connectivity index (χ3n) is 7.57. The third kappa shape index (κ3) is 5.50. The van der Waals surface area contributed by atoms with E-state index in [0.29, 0.717) is 29.7 Å². The Balaban J connectivity index is 1.24. The monoisotopic (exact) mass is 486 g/mol. The third-order valence-corrected chi connectivity index (χ3v) is 7.57. The molecular formula is C29H34N4O3. The van der Waals surface area contributed by atoms with E-state index < -0.39 is 0 Å². The fraction of sp³-hybridized carbons (Fsp3) is 0.448. The summed E-state index contributed by atoms with van der Waals surface area (Å²) >= 11 is 0. The highest BCUT2D eigenvalue weighted by atomic mass is 16.5. The van der Waals surface area contributed by atoms with Crippen LogP contribution in [0.5, 0.6) is 11.5 Å². The number of amides is 1. The van der Waals surface area contributed by atoms with E-state index in [1.807, 2.05) is 48.5 Å². The lowest BCUT2D eigenvalue weighted by atomic mass is 9.84. The summed E-state index contributed by atoms with van der Waals surface area (Å²) in [5.41, 5.74) is 2.29. The highest BCUT2D eigenvalue weighted by Crippen LogP contribution is 2.44. The van der Waals surface area contributed by atoms with Gasteiger partial charge in [-0.25, -0.2) is 0 Å². The first-order valence-corrected chi connectivity index (χ1v) is 12.9. The van der Waals surface area contributed by atoms with Crippen LogP contribution in [0.3, 0.4) is 0 Å². The second-order valence-corrected chi connectivity index (χ2v) is 10.2. The lowest BCUT2D eigenvalue weighted by Crippen LogP contribution is -2.46. The van der Waals surface area contributed by atoms with Gasteiger partial charge in [0.2, 0.25) is 0 Å². The van der Waals surface area contributed by atoms with E-state index in [9.17, 15) is 10.1 Å². The summed E-state index contributed by atoms with van der Waals surface area (Å²) in [7, 11) is 1.62. The van der Waals surface area contributed by atoms with E-state index in [-0.39, 0.29) is 17.4 Å². The fourth-order valence-corrected chi connectivity index (χ4v) is 5.13. The van der Waals surface area contributed by atoms with Crippen LogP contribution in [-0.4, -0.2) is 37.1 Å². The number of carbonyl (C=O) groups excluding carboxylic acids is 1. The molecule has 3 aromatic rings. The minimum absolute atomic E-state index is 0.0930. The van der Waals surface area contributed by atoms with Gasteiger partial charge in [-0.3, -0.25) is 4.79 Å². The zero-order valence-corrected chi connectivity index (χ0v) is 20.8. The van der Waals surface area contributed by atoms with Crippen molar-refractivity contribution in [1.82, 2.24) is 15.6 Å². The molecule has 7 heteroatoms. The van der Waals surface area contributed by atoms with E-state index in [2.05, 4.69) is 21.7 Å². The number of methoxy groups -OCH3 is 1. The van der Waals surface area contributed by atoms with Crippen LogP contribution in [0.2, 0.25) is 0 Å². The van der Waals surface area contributed by atoms with Gasteiger partial charge in [-0.2, -0.15) is 5.26 Å². The number of ether oxygens (including phenoxy) is 2. The van der Waals surface area contributed by atoms with E-state index in [0.717, 1.165) is 61.7 Å². The van der Waals surface area contributed by atoms with Crippen molar-refractivity contribution in [3.8, 4) is 17.6 Å². The fourth-order valence-electron chi connectivity index (χ4n) is 5.13. The summed E-state index contributed by atoms with van der Waals surface area (Å²) in [5, 5.41) is 17.0. The molecule has 3 N–H and O–H groups in total. The predicted octanol–water partition coefficient (Wildman–Crippen LogP) is 4.94. The smallest absolute Gasteiger partial charge is 0.267 e. The Morgan fingerprint density at radius 2 is 1.94 bits per heavy atom. The number of nitrogens with one attached hydrogen (secondary N) is 3. The number of H-pyrrole nitrogens is 1. The topological polar surface area (TPSA) is 99.2 Å². The van der Waals surface area contributed by atoms with Gasteiger partial charge in [-0.05, 0) is 55.8 Å². The molecule has 0 unspecified atom stereocenters. The number of fused-ring (bicyclic) bond motifs is 1. The molecule has 0 saturated heterocycles. The van der Waals surface area contributed by atoms with Crippen molar-refractivity contribution in [3.05, 3.63) is 59.8 Å². The van der Waals surface area contributed by atoms with Crippen LogP contribution in [0, 0.1) is 22.7 Å². The molecule has 0 bridgehead atoms. The lowest BCUT2D eigenvalue weighted by Gasteiger charge is -2.32. The number of aromatic nitrogens is 1. The Kier molecular flexibility index (Phi) is 7.15. The number of rotatable bonds is 10. The normalized spacial score (nSPS) is 20.4. The van der Waals surface area contributed by atoms with Crippen LogP contribution in [-0.2, 0) is 6.61 Å². The van der Waals surface area contributed by atoms with Crippen LogP contribution in [0.15, 0.2) is 48.5 Å². The Labute approximate surface area is 212 Å². The van der Waals surface area contributed by atoms with Gasteiger partial charge in [-0.1, -0.05) is 43.2 Å². The Bertz CT molecular complexity index is 1240. The van der Waals surface area contributed by atoms with Crippen molar-refractivity contribution in [3.63, 3.8) is 0 Å². The summed E-state index contributed by atoms with van der Waals surface area (Å²) in [6.07, 6.45) is 6.35. The molecular weight excluding hydrogens is 452 g/mol. The van der Waals surface area contributed by atoms with Gasteiger partial charge in [-0.15, -0.1) is 0 Å². The minimum Gasteiger partial charge on any atom is -0.493 e. The predicted molar refractivity (Wildman–Crippen MR) is 139 cm³/mol. The molecule has 36 heavy (non-hydrogen) atoms. The number of carbonyl (C=O) groups is 1. The standard InChI is InChI=1S/C29H34N4O3/c1-35-26-14-22-13-25(32-24(22)15-27(26)36-17-20-7-3-2-4-8-20)28(34)33-23-10-6-5-9-21(23)16-31-19-29(18-30)11-12-29/h2-4,7-8,13-15,21,23,31-32H,5-6,9-12,16-17,19H2,1H3,(H,33,34)/t21-,23+/m1/s1. The lowest BCUT2D eigenvalue weighted by molar-refractivity contribution is 0.0901. The maximum atomic E-state index is 13.2. The Hall–Kier alpha value is -3.50. The molecule has 2 aromatic carbocycles. The molecule has 0 radical (unpaired) electrons. The molecule has 1 aromatic heterocycles. The van der Waals surface area contributed by atoms with Crippen molar-refractivity contribution in [2.75, 3.05) is 20.2 Å². The molecule has 1 heterocycles. The van der Waals surface area contributed by atoms with Crippen molar-refractivity contribution in [2.45, 2.75) is 51.2 Å². The quantitative estimate of drug-likeness (QED) is 0.377. The molecule has 5 rings (SSSR count). The molecule has 2 aliphatic carbocycles. The van der Waals surface area contributed by atoms with Crippen molar-refractivity contribution in [2.24, 2.45) is 11.3 Å². The number of aromatic amines is 1. The highest BCUT2D eigenvalue weighted by molar-refractivity contribution is 5.98. The first-order chi connectivity index (χ1) is 17.6. The summed E-state index contributed by atoms with van der Waals surface area (Å²) in [6.45, 7) is 2.02. The van der Waals surface area contributed by atoms with E-state index >= 15 is 0 Å². The minimum atomic E-state index is -0.150. The second kappa shape index (κ2) is 10.6. The average Bonchev–Trinajstić information content (AvgIpc) is 3.57. The van der Waals surface area contributed by atoms with E-state index in [1.165, 1.54) is 6.42 Å². The van der Waals surface area contributed by atoms with Crippen molar-refractivity contribution < 1.29 is 14.3 Å². The second-order valence-electron chi connectivity index (χ2n) is 10.2. The molecule has 0 aliphatic heterocycles. The zero-order chi connectivity index (χ0) is 25.0. The van der Waals surface area contributed by atoms with Crippen LogP contribution < -0.4 is 20.1 Å². The molecule has 2 atom stereocenters. The average molecular weight is 487 g/mol. The van der Waals surface area contributed by atoms with Crippen molar-refractivity contribution >= 4 is 16.8 Å². The number of hydrogen-bond donors (Lipinski definition) is 3. The van der Waals surface area contributed by atoms with Gasteiger partial charge in [0.05, 0.1) is 18.6 Å². The van der Waals surface area contributed by atoms with E-state index in [1.54, 1.807) is 7.11 Å². The molecule has 188 valence electrons. The Morgan fingerprint density at radius 3 is 2.69 bits per heavy atom. The van der Waals surface area contributed by atoms with Gasteiger partial charge in [0.25, 0.3) is 5.91 Å². The van der Waals surface area contributed by atoms with Gasteiger partial charge in [0, 0.05) is 29.6 Å². The van der Waals surface area contributed by atoms with Crippen LogP contribution >= 0.6 is 0 Å². The summed E-state index contributed by atoms with van der Waals surface area (Å²) in [6, 6.07) is 18.2. The highest BCUT2D eigenvalue weighted by Gasteiger charge is 2.42. The molecule has 2 fully saturated rings. The van der Waals surface area contributed by atoms with E-state index in [4.69, 9.17) is 9.47 Å². The maximum absolute atomic E-state index is 13.2. The SMILES string of the molecule is COc1cc2cc(C(=O)N[C@H]3CCCC[C@@H]3CNCC3(C#N)CC3)[nH]c2cc1OCc1ccccc1. The first-order valence-electron chi connectivity index (χ1n) is 12.9. The summed E-state index contributed by atoms with van der Waals surface area (Å²) in [4.78, 5) is 16.5. The van der Waals surface area contributed by atoms with Crippen molar-refractivity contribution in [1.29, 1.82) is 5.26 Å². The number of benzene rings is 2. The van der Waals surface area contributed by atoms with Gasteiger partial charge < -0.3 is 25.1 Å². The van der Waals surface area contributed by atoms with Gasteiger partial charge in [0.15, 0.2) is 11.5 Å². The number of nitrogens with zero attached hydrogens (tertiary/aromatic N) is 1. The van der Waals surface area contributed by atoms with Crippen LogP contribution in [0.1, 0.15) is 54.6 Å². The molecule has 0 spiro atoms. The molecule has 2 aliphatic rings. The van der Waals surface area contributed by atoms with Crippen LogP contribution in [0.4, 0.5) is 0 Å². The van der Waals surface area contributed by atoms with Gasteiger partial charge >= 0.3 is 0 Å². The summed E-state index contributed by atoms with van der Waals surface area (Å²) < 4.78 is 11.6. The molecule has 7 nitrogen and oxygen atoms in total. The van der Waals surface area contributed by atoms with Crippen LogP contribution in [0.25, 0.3) is 10.9 Å². The largest absolute Gasteiger partial charge is 0.493 e. The number of hydrogen-bond acceptors (Lipinski definition) is 5. The number of nitriles is 1. The maximum Gasteiger partial charge on any atom is 0.267 e. The Morgan fingerprint density at radius 1 is 1.14 bits per heavy atom. The molecule has 2 saturated carbocycles. The first kappa shape index (κ1) is 24.2. The molecule has 1 amide bonds.